The number of hydrogen-bond donors (Lipinski definition) is 3. The highest BCUT2D eigenvalue weighted by atomic mass is 16.3. The highest BCUT2D eigenvalue weighted by Gasteiger charge is 2.47. The smallest absolute Gasteiger partial charge is 0.0907 e. The fourth-order valence-electron chi connectivity index (χ4n) is 2.66. The predicted molar refractivity (Wildman–Crippen MR) is 64.0 cm³/mol. The first kappa shape index (κ1) is 13.7. The van der Waals surface area contributed by atoms with Crippen LogP contribution in [0, 0.1) is 5.41 Å². The standard InChI is InChI=1S/C13H24O3/c1-9-7-11(15)8-12(3,4)13(9,16)6-5-10(2)14/h7,10-11,14-16H,5-6,8H2,1-4H3/t10-,11-,13+/m0/s1. The number of rotatable bonds is 3. The highest BCUT2D eigenvalue weighted by Crippen LogP contribution is 2.46. The first-order valence-electron chi connectivity index (χ1n) is 5.96. The van der Waals surface area contributed by atoms with Gasteiger partial charge in [0.2, 0.25) is 0 Å². The molecule has 0 aromatic rings. The zero-order valence-electron chi connectivity index (χ0n) is 10.7. The van der Waals surface area contributed by atoms with Crippen LogP contribution in [0.2, 0.25) is 0 Å². The van der Waals surface area contributed by atoms with Gasteiger partial charge in [-0.15, -0.1) is 0 Å². The Morgan fingerprint density at radius 2 is 2.06 bits per heavy atom. The third-order valence-corrected chi connectivity index (χ3v) is 3.86. The van der Waals surface area contributed by atoms with Crippen LogP contribution in [0.25, 0.3) is 0 Å². The molecule has 0 spiro atoms. The Hall–Kier alpha value is -0.380. The molecule has 0 fully saturated rings. The number of aliphatic hydroxyl groups excluding tert-OH is 2. The lowest BCUT2D eigenvalue weighted by Gasteiger charge is -2.48. The van der Waals surface area contributed by atoms with E-state index in [1.165, 1.54) is 0 Å². The van der Waals surface area contributed by atoms with E-state index in [9.17, 15) is 15.3 Å². The summed E-state index contributed by atoms with van der Waals surface area (Å²) in [6, 6.07) is 0. The summed E-state index contributed by atoms with van der Waals surface area (Å²) >= 11 is 0. The second-order valence-electron chi connectivity index (χ2n) is 5.75. The minimum atomic E-state index is -0.913. The van der Waals surface area contributed by atoms with E-state index in [4.69, 9.17) is 0 Å². The van der Waals surface area contributed by atoms with Crippen molar-refractivity contribution >= 4 is 0 Å². The molecule has 0 aliphatic heterocycles. The molecule has 1 aliphatic rings. The van der Waals surface area contributed by atoms with Crippen molar-refractivity contribution in [2.45, 2.75) is 64.8 Å². The average Bonchev–Trinajstić information content (AvgIpc) is 2.10. The Kier molecular flexibility index (Phi) is 3.83. The van der Waals surface area contributed by atoms with Crippen LogP contribution in [0.3, 0.4) is 0 Å². The third-order valence-electron chi connectivity index (χ3n) is 3.86. The van der Waals surface area contributed by atoms with Crippen molar-refractivity contribution in [3.63, 3.8) is 0 Å². The Morgan fingerprint density at radius 3 is 2.50 bits per heavy atom. The van der Waals surface area contributed by atoms with Crippen molar-refractivity contribution in [3.8, 4) is 0 Å². The maximum atomic E-state index is 10.7. The van der Waals surface area contributed by atoms with Gasteiger partial charge in [0, 0.05) is 5.41 Å². The summed E-state index contributed by atoms with van der Waals surface area (Å²) in [5.74, 6) is 0. The summed E-state index contributed by atoms with van der Waals surface area (Å²) in [6.07, 6.45) is 2.52. The molecule has 3 N–H and O–H groups in total. The molecular weight excluding hydrogens is 204 g/mol. The summed E-state index contributed by atoms with van der Waals surface area (Å²) in [7, 11) is 0. The molecule has 3 nitrogen and oxygen atoms in total. The van der Waals surface area contributed by atoms with E-state index in [0.717, 1.165) is 5.57 Å². The lowest BCUT2D eigenvalue weighted by atomic mass is 9.62. The lowest BCUT2D eigenvalue weighted by molar-refractivity contribution is -0.0759. The Labute approximate surface area is 97.8 Å². The maximum Gasteiger partial charge on any atom is 0.0907 e. The van der Waals surface area contributed by atoms with Crippen molar-refractivity contribution in [1.82, 2.24) is 0 Å². The van der Waals surface area contributed by atoms with E-state index < -0.39 is 17.8 Å². The fourth-order valence-corrected chi connectivity index (χ4v) is 2.66. The summed E-state index contributed by atoms with van der Waals surface area (Å²) in [4.78, 5) is 0. The minimum absolute atomic E-state index is 0.361. The minimum Gasteiger partial charge on any atom is -0.393 e. The van der Waals surface area contributed by atoms with Gasteiger partial charge in [-0.05, 0) is 38.7 Å². The monoisotopic (exact) mass is 228 g/mol. The van der Waals surface area contributed by atoms with Gasteiger partial charge in [0.25, 0.3) is 0 Å². The molecular formula is C13H24O3. The normalized spacial score (nSPS) is 35.7. The van der Waals surface area contributed by atoms with Crippen molar-refractivity contribution < 1.29 is 15.3 Å². The molecule has 16 heavy (non-hydrogen) atoms. The van der Waals surface area contributed by atoms with Crippen molar-refractivity contribution in [2.75, 3.05) is 0 Å². The average molecular weight is 228 g/mol. The van der Waals surface area contributed by atoms with Gasteiger partial charge in [-0.3, -0.25) is 0 Å². The van der Waals surface area contributed by atoms with Gasteiger partial charge in [0.05, 0.1) is 17.8 Å². The Bertz CT molecular complexity index is 281. The SMILES string of the molecule is CC1=C[C@H](O)CC(C)(C)[C@@]1(O)CC[C@H](C)O. The molecule has 1 rings (SSSR count). The molecule has 0 saturated carbocycles. The predicted octanol–water partition coefficient (Wildman–Crippen LogP) is 1.62. The van der Waals surface area contributed by atoms with Crippen LogP contribution in [0.15, 0.2) is 11.6 Å². The molecule has 0 bridgehead atoms. The van der Waals surface area contributed by atoms with E-state index in [-0.39, 0.29) is 5.41 Å². The van der Waals surface area contributed by atoms with Gasteiger partial charge < -0.3 is 15.3 Å². The van der Waals surface area contributed by atoms with E-state index >= 15 is 0 Å². The summed E-state index contributed by atoms with van der Waals surface area (Å²) in [5, 5.41) is 29.8. The summed E-state index contributed by atoms with van der Waals surface area (Å²) in [6.45, 7) is 7.52. The zero-order chi connectivity index (χ0) is 12.6. The van der Waals surface area contributed by atoms with Crippen LogP contribution in [0.5, 0.6) is 0 Å². The topological polar surface area (TPSA) is 60.7 Å². The highest BCUT2D eigenvalue weighted by molar-refractivity contribution is 5.25. The van der Waals surface area contributed by atoms with Crippen molar-refractivity contribution in [2.24, 2.45) is 5.41 Å². The molecule has 0 saturated heterocycles. The van der Waals surface area contributed by atoms with Crippen LogP contribution in [0.4, 0.5) is 0 Å². The summed E-state index contributed by atoms with van der Waals surface area (Å²) in [5.41, 5.74) is -0.458. The molecule has 94 valence electrons. The molecule has 3 heteroatoms. The zero-order valence-corrected chi connectivity index (χ0v) is 10.7. The summed E-state index contributed by atoms with van der Waals surface area (Å²) < 4.78 is 0. The van der Waals surface area contributed by atoms with Gasteiger partial charge in [0.1, 0.15) is 0 Å². The molecule has 0 aromatic heterocycles. The quantitative estimate of drug-likeness (QED) is 0.643. The number of hydrogen-bond acceptors (Lipinski definition) is 3. The molecule has 0 radical (unpaired) electrons. The first-order chi connectivity index (χ1) is 7.19. The molecule has 0 heterocycles. The van der Waals surface area contributed by atoms with E-state index in [1.54, 1.807) is 13.0 Å². The second-order valence-corrected chi connectivity index (χ2v) is 5.75. The Balaban J connectivity index is 2.93. The largest absolute Gasteiger partial charge is 0.393 e. The Morgan fingerprint density at radius 1 is 1.50 bits per heavy atom. The van der Waals surface area contributed by atoms with Gasteiger partial charge in [-0.1, -0.05) is 19.9 Å². The van der Waals surface area contributed by atoms with Crippen molar-refractivity contribution in [3.05, 3.63) is 11.6 Å². The van der Waals surface area contributed by atoms with Crippen LogP contribution in [-0.2, 0) is 0 Å². The molecule has 3 atom stereocenters. The lowest BCUT2D eigenvalue weighted by Crippen LogP contribution is -2.50. The number of aliphatic hydroxyl groups is 3. The van der Waals surface area contributed by atoms with Crippen LogP contribution in [0.1, 0.15) is 47.0 Å². The van der Waals surface area contributed by atoms with Crippen molar-refractivity contribution in [1.29, 1.82) is 0 Å². The second kappa shape index (κ2) is 4.47. The van der Waals surface area contributed by atoms with Gasteiger partial charge in [-0.25, -0.2) is 0 Å². The van der Waals surface area contributed by atoms with E-state index in [1.807, 2.05) is 20.8 Å². The molecule has 0 unspecified atom stereocenters. The maximum absolute atomic E-state index is 10.7. The first-order valence-corrected chi connectivity index (χ1v) is 5.96. The third kappa shape index (κ3) is 2.47. The molecule has 1 aliphatic carbocycles. The van der Waals surface area contributed by atoms with E-state index in [2.05, 4.69) is 0 Å². The molecule has 0 aromatic carbocycles. The van der Waals surface area contributed by atoms with Crippen LogP contribution in [-0.4, -0.2) is 33.1 Å². The molecule has 0 amide bonds. The van der Waals surface area contributed by atoms with Crippen LogP contribution >= 0.6 is 0 Å². The van der Waals surface area contributed by atoms with Gasteiger partial charge in [-0.2, -0.15) is 0 Å². The van der Waals surface area contributed by atoms with E-state index in [0.29, 0.717) is 19.3 Å². The van der Waals surface area contributed by atoms with Crippen LogP contribution < -0.4 is 0 Å². The van der Waals surface area contributed by atoms with Gasteiger partial charge >= 0.3 is 0 Å². The fraction of sp³-hybridized carbons (Fsp3) is 0.846. The van der Waals surface area contributed by atoms with Gasteiger partial charge in [0.15, 0.2) is 0 Å².